The summed E-state index contributed by atoms with van der Waals surface area (Å²) in [7, 11) is 0. The number of hydrogen-bond donors (Lipinski definition) is 3. The monoisotopic (exact) mass is 625 g/mol. The van der Waals surface area contributed by atoms with Crippen molar-refractivity contribution < 1.29 is 37.2 Å². The molecule has 0 bridgehead atoms. The lowest BCUT2D eigenvalue weighted by molar-refractivity contribution is -0.141. The molecule has 0 aliphatic carbocycles. The zero-order valence-corrected chi connectivity index (χ0v) is 24.8. The Kier molecular flexibility index (Phi) is 10.6. The molecule has 14 heteroatoms. The van der Waals surface area contributed by atoms with E-state index in [0.717, 1.165) is 22.8 Å². The molecule has 0 unspecified atom stereocenters. The molecule has 3 heterocycles. The Labute approximate surface area is 256 Å². The number of benzene rings is 1. The van der Waals surface area contributed by atoms with Crippen LogP contribution in [-0.2, 0) is 25.5 Å². The van der Waals surface area contributed by atoms with Crippen molar-refractivity contribution in [2.75, 3.05) is 11.9 Å². The van der Waals surface area contributed by atoms with Gasteiger partial charge in [-0.2, -0.15) is 0 Å². The average Bonchev–Trinajstić information content (AvgIpc) is 3.60. The zero-order valence-electron chi connectivity index (χ0n) is 24.8. The van der Waals surface area contributed by atoms with Crippen LogP contribution in [0, 0.1) is 24.5 Å². The fourth-order valence-electron chi connectivity index (χ4n) is 4.82. The Morgan fingerprint density at radius 1 is 1.18 bits per heavy atom. The summed E-state index contributed by atoms with van der Waals surface area (Å²) in [6.07, 6.45) is 3.89. The number of aromatic nitrogens is 2. The lowest BCUT2D eigenvalue weighted by Gasteiger charge is -2.24. The highest BCUT2D eigenvalue weighted by atomic mass is 19.2. The number of amides is 3. The summed E-state index contributed by atoms with van der Waals surface area (Å²) in [5, 5.41) is 11.6. The summed E-state index contributed by atoms with van der Waals surface area (Å²) in [6.45, 7) is 5.41. The number of pyridine rings is 1. The smallest absolute Gasteiger partial charge is 0.330 e. The fraction of sp³-hybridized carbons (Fsp3) is 0.355. The van der Waals surface area contributed by atoms with E-state index >= 15 is 0 Å². The molecule has 3 N–H and O–H groups in total. The number of ether oxygens (including phenoxy) is 1. The minimum absolute atomic E-state index is 0.0695. The van der Waals surface area contributed by atoms with E-state index in [0.29, 0.717) is 18.7 Å². The summed E-state index contributed by atoms with van der Waals surface area (Å²) >= 11 is 0. The molecule has 238 valence electrons. The van der Waals surface area contributed by atoms with Crippen LogP contribution in [0.2, 0.25) is 0 Å². The molecule has 3 aromatic rings. The molecule has 3 amide bonds. The van der Waals surface area contributed by atoms with Gasteiger partial charge in [-0.05, 0) is 63.4 Å². The molecular weight excluding hydrogens is 592 g/mol. The van der Waals surface area contributed by atoms with E-state index in [-0.39, 0.29) is 41.8 Å². The van der Waals surface area contributed by atoms with Crippen molar-refractivity contribution in [3.05, 3.63) is 93.8 Å². The summed E-state index contributed by atoms with van der Waals surface area (Å²) in [5.74, 6) is -4.60. The quantitative estimate of drug-likeness (QED) is 0.205. The van der Waals surface area contributed by atoms with Crippen LogP contribution in [0.4, 0.5) is 14.5 Å². The predicted octanol–water partition coefficient (Wildman–Crippen LogP) is 2.98. The fourth-order valence-corrected chi connectivity index (χ4v) is 4.82. The molecule has 45 heavy (non-hydrogen) atoms. The van der Waals surface area contributed by atoms with Gasteiger partial charge in [0.05, 0.1) is 6.10 Å². The maximum absolute atomic E-state index is 14.1. The van der Waals surface area contributed by atoms with Gasteiger partial charge in [0.2, 0.25) is 11.8 Å². The molecule has 1 fully saturated rings. The number of nitrogens with one attached hydrogen (secondary N) is 3. The van der Waals surface area contributed by atoms with E-state index in [2.05, 4.69) is 21.1 Å². The molecule has 1 aliphatic rings. The van der Waals surface area contributed by atoms with Gasteiger partial charge < -0.3 is 29.8 Å². The average molecular weight is 626 g/mol. The Bertz CT molecular complexity index is 1670. The summed E-state index contributed by atoms with van der Waals surface area (Å²) in [6, 6.07) is 5.08. The van der Waals surface area contributed by atoms with E-state index in [1.54, 1.807) is 20.8 Å². The molecule has 1 aliphatic heterocycles. The van der Waals surface area contributed by atoms with Gasteiger partial charge in [-0.15, -0.1) is 0 Å². The first-order valence-corrected chi connectivity index (χ1v) is 14.3. The second-order valence-corrected chi connectivity index (χ2v) is 10.9. The van der Waals surface area contributed by atoms with E-state index in [1.165, 1.54) is 36.5 Å². The molecule has 0 saturated carbocycles. The number of esters is 1. The minimum atomic E-state index is -1.33. The van der Waals surface area contributed by atoms with Crippen LogP contribution >= 0.6 is 0 Å². The van der Waals surface area contributed by atoms with Crippen LogP contribution in [0.1, 0.15) is 54.5 Å². The summed E-state index contributed by atoms with van der Waals surface area (Å²) < 4.78 is 38.9. The van der Waals surface area contributed by atoms with Gasteiger partial charge in [-0.25, -0.2) is 13.6 Å². The first kappa shape index (κ1) is 32.8. The number of rotatable bonds is 12. The highest BCUT2D eigenvalue weighted by Crippen LogP contribution is 2.21. The molecule has 1 aromatic carbocycles. The number of nitrogens with zero attached hydrogens (tertiary/aromatic N) is 2. The Morgan fingerprint density at radius 2 is 1.96 bits per heavy atom. The summed E-state index contributed by atoms with van der Waals surface area (Å²) in [4.78, 5) is 64.7. The van der Waals surface area contributed by atoms with Crippen molar-refractivity contribution in [3.63, 3.8) is 0 Å². The van der Waals surface area contributed by atoms with E-state index in [1.807, 2.05) is 0 Å². The SMILES string of the molecule is Cc1cc(C(=O)Nc2cccn([C@@H](Cc3ccc(F)c(F)c3)C(=O)N[C@H](C=CC(=O)OC(C)C)C[C@@H]3CCNC3=O)c2=O)no1. The molecule has 3 atom stereocenters. The highest BCUT2D eigenvalue weighted by Gasteiger charge is 2.30. The van der Waals surface area contributed by atoms with Crippen molar-refractivity contribution in [1.82, 2.24) is 20.4 Å². The normalized spacial score (nSPS) is 16.0. The number of hydrogen-bond acceptors (Lipinski definition) is 8. The van der Waals surface area contributed by atoms with Crippen LogP contribution < -0.4 is 21.5 Å². The molecule has 2 aromatic heterocycles. The van der Waals surface area contributed by atoms with Crippen molar-refractivity contribution in [3.8, 4) is 0 Å². The van der Waals surface area contributed by atoms with E-state index in [4.69, 9.17) is 9.26 Å². The third-order valence-electron chi connectivity index (χ3n) is 6.98. The van der Waals surface area contributed by atoms with Gasteiger partial charge in [0, 0.05) is 43.3 Å². The molecule has 0 spiro atoms. The largest absolute Gasteiger partial charge is 0.460 e. The van der Waals surface area contributed by atoms with Gasteiger partial charge >= 0.3 is 5.97 Å². The van der Waals surface area contributed by atoms with Crippen LogP contribution in [0.5, 0.6) is 0 Å². The van der Waals surface area contributed by atoms with Crippen molar-refractivity contribution in [1.29, 1.82) is 0 Å². The minimum Gasteiger partial charge on any atom is -0.460 e. The topological polar surface area (TPSA) is 162 Å². The van der Waals surface area contributed by atoms with Crippen molar-refractivity contribution in [2.24, 2.45) is 5.92 Å². The molecule has 4 rings (SSSR count). The Balaban J connectivity index is 1.67. The first-order chi connectivity index (χ1) is 21.4. The Hall–Kier alpha value is -5.14. The molecule has 1 saturated heterocycles. The van der Waals surface area contributed by atoms with Crippen LogP contribution in [0.3, 0.4) is 0 Å². The zero-order chi connectivity index (χ0) is 32.7. The number of halogens is 2. The standard InChI is InChI=1S/C31H33F2N5O7/c1-17(2)44-27(39)9-7-21(16-20-10-11-34-28(20)40)35-30(42)26(15-19-6-8-22(32)23(33)14-19)38-12-4-5-24(31(38)43)36-29(41)25-13-18(3)45-37-25/h4-9,12-14,17,20-21,26H,10-11,15-16H2,1-3H3,(H,34,40)(H,35,42)(H,36,41)/t20-,21+,26-/m0/s1. The molecule has 0 radical (unpaired) electrons. The van der Waals surface area contributed by atoms with Crippen LogP contribution in [0.25, 0.3) is 0 Å². The lowest BCUT2D eigenvalue weighted by Crippen LogP contribution is -2.43. The number of carbonyl (C=O) groups excluding carboxylic acids is 4. The van der Waals surface area contributed by atoms with Gasteiger partial charge in [0.1, 0.15) is 17.5 Å². The molecular formula is C31H33F2N5O7. The first-order valence-electron chi connectivity index (χ1n) is 14.3. The third kappa shape index (κ3) is 8.71. The molecule has 12 nitrogen and oxygen atoms in total. The van der Waals surface area contributed by atoms with E-state index in [9.17, 15) is 32.8 Å². The Morgan fingerprint density at radius 3 is 2.60 bits per heavy atom. The van der Waals surface area contributed by atoms with Crippen molar-refractivity contribution >= 4 is 29.4 Å². The highest BCUT2D eigenvalue weighted by molar-refractivity contribution is 6.02. The van der Waals surface area contributed by atoms with Gasteiger partial charge in [0.25, 0.3) is 11.5 Å². The third-order valence-corrected chi connectivity index (χ3v) is 6.98. The van der Waals surface area contributed by atoms with Gasteiger partial charge in [-0.3, -0.25) is 19.2 Å². The number of carbonyl (C=O) groups is 4. The predicted molar refractivity (Wildman–Crippen MR) is 157 cm³/mol. The van der Waals surface area contributed by atoms with Gasteiger partial charge in [0.15, 0.2) is 17.3 Å². The van der Waals surface area contributed by atoms with Crippen LogP contribution in [-0.4, -0.2) is 52.1 Å². The van der Waals surface area contributed by atoms with Crippen LogP contribution in [0.15, 0.2) is 64.1 Å². The summed E-state index contributed by atoms with van der Waals surface area (Å²) in [5.41, 5.74) is -0.811. The second-order valence-electron chi connectivity index (χ2n) is 10.9. The number of anilines is 1. The van der Waals surface area contributed by atoms with Crippen molar-refractivity contribution in [2.45, 2.75) is 58.2 Å². The van der Waals surface area contributed by atoms with E-state index < -0.39 is 53.0 Å². The maximum atomic E-state index is 14.1. The second kappa shape index (κ2) is 14.6. The maximum Gasteiger partial charge on any atom is 0.330 e. The lowest BCUT2D eigenvalue weighted by atomic mass is 9.97. The number of aryl methyl sites for hydroxylation is 1. The van der Waals surface area contributed by atoms with Gasteiger partial charge in [-0.1, -0.05) is 17.3 Å².